The lowest BCUT2D eigenvalue weighted by atomic mass is 10.1. The molecule has 1 aromatic heterocycles. The minimum atomic E-state index is 0.232. The maximum absolute atomic E-state index is 12.5. The van der Waals surface area contributed by atoms with Crippen molar-refractivity contribution < 1.29 is 4.79 Å². The van der Waals surface area contributed by atoms with Crippen molar-refractivity contribution in [3.63, 3.8) is 0 Å². The number of nitrogens with zero attached hydrogens (tertiary/aromatic N) is 4. The number of amides is 1. The molecule has 0 unspecified atom stereocenters. The van der Waals surface area contributed by atoms with E-state index in [1.54, 1.807) is 0 Å². The van der Waals surface area contributed by atoms with E-state index in [0.717, 1.165) is 36.1 Å². The molecule has 1 aromatic carbocycles. The zero-order valence-electron chi connectivity index (χ0n) is 13.6. The number of likely N-dealkylation sites (tertiary alicyclic amines) is 1. The van der Waals surface area contributed by atoms with Gasteiger partial charge < -0.3 is 4.90 Å². The molecule has 1 amide bonds. The fraction of sp³-hybridized carbons (Fsp3) is 0.500. The van der Waals surface area contributed by atoms with Crippen molar-refractivity contribution in [3.05, 3.63) is 46.2 Å². The number of carbonyl (C=O) groups is 1. The van der Waals surface area contributed by atoms with Crippen LogP contribution in [-0.4, -0.2) is 38.9 Å². The summed E-state index contributed by atoms with van der Waals surface area (Å²) in [5, 5.41) is 8.56. The Morgan fingerprint density at radius 2 is 2.08 bits per heavy atom. The zero-order valence-corrected chi connectivity index (χ0v) is 15.2. The molecule has 5 nitrogen and oxygen atoms in total. The van der Waals surface area contributed by atoms with Gasteiger partial charge in [-0.2, -0.15) is 0 Å². The first kappa shape index (κ1) is 15.8. The predicted molar refractivity (Wildman–Crippen MR) is 94.7 cm³/mol. The Morgan fingerprint density at radius 3 is 2.88 bits per heavy atom. The molecule has 1 aliphatic carbocycles. The van der Waals surface area contributed by atoms with Crippen LogP contribution in [0, 0.1) is 0 Å². The third-order valence-corrected chi connectivity index (χ3v) is 5.75. The molecule has 1 aliphatic heterocycles. The summed E-state index contributed by atoms with van der Waals surface area (Å²) in [6.45, 7) is 1.57. The number of carbonyl (C=O) groups excluding carboxylic acids is 1. The molecule has 2 heterocycles. The van der Waals surface area contributed by atoms with Gasteiger partial charge in [0.2, 0.25) is 5.91 Å². The van der Waals surface area contributed by atoms with Crippen molar-refractivity contribution in [2.24, 2.45) is 0 Å². The number of aryl methyl sites for hydroxylation is 1. The monoisotopic (exact) mass is 388 g/mol. The Morgan fingerprint density at radius 1 is 1.25 bits per heavy atom. The van der Waals surface area contributed by atoms with Crippen LogP contribution in [0.15, 0.2) is 34.9 Å². The summed E-state index contributed by atoms with van der Waals surface area (Å²) in [7, 11) is 0. The highest BCUT2D eigenvalue weighted by molar-refractivity contribution is 9.10. The van der Waals surface area contributed by atoms with Crippen LogP contribution in [0.1, 0.15) is 48.9 Å². The minimum absolute atomic E-state index is 0.232. The van der Waals surface area contributed by atoms with Crippen LogP contribution in [0.25, 0.3) is 0 Å². The normalized spacial score (nSPS) is 20.5. The first-order chi connectivity index (χ1) is 11.7. The maximum Gasteiger partial charge on any atom is 0.222 e. The summed E-state index contributed by atoms with van der Waals surface area (Å²) in [4.78, 5) is 14.5. The van der Waals surface area contributed by atoms with E-state index in [2.05, 4.69) is 38.5 Å². The van der Waals surface area contributed by atoms with Gasteiger partial charge in [-0.3, -0.25) is 4.79 Å². The molecule has 6 heteroatoms. The van der Waals surface area contributed by atoms with Gasteiger partial charge in [0.25, 0.3) is 0 Å². The van der Waals surface area contributed by atoms with Crippen LogP contribution in [-0.2, 0) is 11.2 Å². The third-order valence-electron chi connectivity index (χ3n) is 4.98. The largest absolute Gasteiger partial charge is 0.340 e. The van der Waals surface area contributed by atoms with Crippen molar-refractivity contribution in [3.8, 4) is 0 Å². The quantitative estimate of drug-likeness (QED) is 0.789. The second-order valence-corrected chi connectivity index (χ2v) is 7.63. The van der Waals surface area contributed by atoms with Crippen LogP contribution >= 0.6 is 15.9 Å². The molecule has 2 aromatic rings. The number of hydrogen-bond donors (Lipinski definition) is 0. The number of halogens is 1. The molecule has 2 fully saturated rings. The van der Waals surface area contributed by atoms with E-state index in [0.29, 0.717) is 12.3 Å². The molecular formula is C18H21BrN4O. The molecule has 0 bridgehead atoms. The van der Waals surface area contributed by atoms with Crippen molar-refractivity contribution >= 4 is 21.8 Å². The van der Waals surface area contributed by atoms with Gasteiger partial charge in [0.15, 0.2) is 0 Å². The SMILES string of the molecule is O=C(CCc1ccccc1Br)N1CC[C@@H](n2cc(C3CC3)nn2)C1. The lowest BCUT2D eigenvalue weighted by Crippen LogP contribution is -2.29. The molecule has 24 heavy (non-hydrogen) atoms. The van der Waals surface area contributed by atoms with Crippen molar-refractivity contribution in [1.82, 2.24) is 19.9 Å². The van der Waals surface area contributed by atoms with E-state index in [1.807, 2.05) is 27.8 Å². The summed E-state index contributed by atoms with van der Waals surface area (Å²) in [5.41, 5.74) is 2.31. The Balaban J connectivity index is 1.32. The summed E-state index contributed by atoms with van der Waals surface area (Å²) in [6.07, 6.45) is 6.86. The molecule has 2 aliphatic rings. The van der Waals surface area contributed by atoms with E-state index >= 15 is 0 Å². The van der Waals surface area contributed by atoms with E-state index in [4.69, 9.17) is 0 Å². The third kappa shape index (κ3) is 3.38. The fourth-order valence-corrected chi connectivity index (χ4v) is 3.80. The molecule has 0 radical (unpaired) electrons. The highest BCUT2D eigenvalue weighted by atomic mass is 79.9. The number of hydrogen-bond acceptors (Lipinski definition) is 3. The van der Waals surface area contributed by atoms with Crippen LogP contribution in [0.2, 0.25) is 0 Å². The van der Waals surface area contributed by atoms with Crippen molar-refractivity contribution in [1.29, 1.82) is 0 Å². The first-order valence-corrected chi connectivity index (χ1v) is 9.43. The Kier molecular flexibility index (Phi) is 4.39. The summed E-state index contributed by atoms with van der Waals surface area (Å²) in [6, 6.07) is 8.37. The molecule has 0 spiro atoms. The Hall–Kier alpha value is -1.69. The van der Waals surface area contributed by atoms with Gasteiger partial charge in [-0.15, -0.1) is 5.10 Å². The van der Waals surface area contributed by atoms with Crippen molar-refractivity contribution in [2.45, 2.75) is 44.1 Å². The Labute approximate surface area is 150 Å². The van der Waals surface area contributed by atoms with Gasteiger partial charge in [-0.05, 0) is 37.3 Å². The van der Waals surface area contributed by atoms with E-state index < -0.39 is 0 Å². The molecule has 0 N–H and O–H groups in total. The molecule has 4 rings (SSSR count). The molecule has 1 saturated heterocycles. The number of rotatable bonds is 5. The van der Waals surface area contributed by atoms with Gasteiger partial charge in [0.05, 0.1) is 11.7 Å². The topological polar surface area (TPSA) is 51.0 Å². The summed E-state index contributed by atoms with van der Waals surface area (Å²) in [5.74, 6) is 0.859. The summed E-state index contributed by atoms with van der Waals surface area (Å²) >= 11 is 3.55. The highest BCUT2D eigenvalue weighted by Crippen LogP contribution is 2.39. The lowest BCUT2D eigenvalue weighted by Gasteiger charge is -2.16. The number of benzene rings is 1. The van der Waals surface area contributed by atoms with Gasteiger partial charge in [-0.25, -0.2) is 4.68 Å². The van der Waals surface area contributed by atoms with E-state index in [9.17, 15) is 4.79 Å². The minimum Gasteiger partial charge on any atom is -0.340 e. The summed E-state index contributed by atoms with van der Waals surface area (Å²) < 4.78 is 3.04. The maximum atomic E-state index is 12.5. The van der Waals surface area contributed by atoms with Gasteiger partial charge in [0, 0.05) is 36.1 Å². The molecular weight excluding hydrogens is 368 g/mol. The lowest BCUT2D eigenvalue weighted by molar-refractivity contribution is -0.130. The molecule has 1 atom stereocenters. The highest BCUT2D eigenvalue weighted by Gasteiger charge is 2.31. The van der Waals surface area contributed by atoms with Crippen molar-refractivity contribution in [2.75, 3.05) is 13.1 Å². The van der Waals surface area contributed by atoms with Gasteiger partial charge in [0.1, 0.15) is 0 Å². The molecule has 1 saturated carbocycles. The van der Waals surface area contributed by atoms with Gasteiger partial charge >= 0.3 is 0 Å². The smallest absolute Gasteiger partial charge is 0.222 e. The van der Waals surface area contributed by atoms with Crippen LogP contribution in [0.4, 0.5) is 0 Å². The first-order valence-electron chi connectivity index (χ1n) is 8.63. The molecule has 126 valence electrons. The Bertz CT molecular complexity index is 740. The average molecular weight is 389 g/mol. The van der Waals surface area contributed by atoms with Gasteiger partial charge in [-0.1, -0.05) is 39.3 Å². The van der Waals surface area contributed by atoms with E-state index in [1.165, 1.54) is 18.4 Å². The van der Waals surface area contributed by atoms with Crippen LogP contribution in [0.5, 0.6) is 0 Å². The number of aromatic nitrogens is 3. The van der Waals surface area contributed by atoms with Crippen LogP contribution < -0.4 is 0 Å². The van der Waals surface area contributed by atoms with E-state index in [-0.39, 0.29) is 11.9 Å². The second-order valence-electron chi connectivity index (χ2n) is 6.77. The second kappa shape index (κ2) is 6.67. The average Bonchev–Trinajstić information content (AvgIpc) is 3.12. The van der Waals surface area contributed by atoms with Crippen LogP contribution in [0.3, 0.4) is 0 Å². The standard InChI is InChI=1S/C18H21BrN4O/c19-16-4-2-1-3-13(16)7-8-18(24)22-10-9-15(11-22)23-12-17(20-21-23)14-5-6-14/h1-4,12,14-15H,5-11H2/t15-/m1/s1. The fourth-order valence-electron chi connectivity index (χ4n) is 3.32. The zero-order chi connectivity index (χ0) is 16.5. The predicted octanol–water partition coefficient (Wildman–Crippen LogP) is 3.32.